The van der Waals surface area contributed by atoms with Crippen molar-refractivity contribution >= 4 is 33.9 Å². The lowest BCUT2D eigenvalue weighted by molar-refractivity contribution is -0.132. The van der Waals surface area contributed by atoms with Crippen molar-refractivity contribution in [2.75, 3.05) is 12.0 Å². The maximum absolute atomic E-state index is 13.1. The first-order valence-electron chi connectivity index (χ1n) is 9.50. The van der Waals surface area contributed by atoms with Crippen LogP contribution in [0.3, 0.4) is 0 Å². The van der Waals surface area contributed by atoms with E-state index in [4.69, 9.17) is 4.74 Å². The molecule has 1 atom stereocenters. The number of hydrogen-bond donors (Lipinski definition) is 2. The molecule has 31 heavy (non-hydrogen) atoms. The SMILES string of the molecule is COc1cc([C@H]2C(=C(O)c3ccccc3)C(=O)C(=O)N2c2nc(C)c(C)s2)ccc1O. The first-order valence-corrected chi connectivity index (χ1v) is 10.3. The van der Waals surface area contributed by atoms with Gasteiger partial charge < -0.3 is 14.9 Å². The number of thiazole rings is 1. The summed E-state index contributed by atoms with van der Waals surface area (Å²) >= 11 is 1.30. The Bertz CT molecular complexity index is 1200. The Balaban J connectivity index is 1.98. The van der Waals surface area contributed by atoms with Gasteiger partial charge in [0.05, 0.1) is 24.4 Å². The zero-order valence-corrected chi connectivity index (χ0v) is 17.9. The van der Waals surface area contributed by atoms with Crippen molar-refractivity contribution in [3.63, 3.8) is 0 Å². The maximum atomic E-state index is 13.1. The molecule has 8 heteroatoms. The number of aliphatic hydroxyl groups is 1. The molecule has 0 spiro atoms. The fourth-order valence-electron chi connectivity index (χ4n) is 3.52. The third kappa shape index (κ3) is 3.44. The van der Waals surface area contributed by atoms with Gasteiger partial charge in [0.15, 0.2) is 16.6 Å². The van der Waals surface area contributed by atoms with Crippen molar-refractivity contribution in [3.05, 3.63) is 75.8 Å². The molecule has 1 amide bonds. The van der Waals surface area contributed by atoms with Crippen LogP contribution in [0.15, 0.2) is 54.1 Å². The minimum Gasteiger partial charge on any atom is -0.507 e. The summed E-state index contributed by atoms with van der Waals surface area (Å²) in [5.74, 6) is -1.74. The average molecular weight is 436 g/mol. The zero-order chi connectivity index (χ0) is 22.3. The number of carbonyl (C=O) groups excluding carboxylic acids is 2. The molecule has 0 aliphatic carbocycles. The van der Waals surface area contributed by atoms with Gasteiger partial charge in [-0.1, -0.05) is 36.4 Å². The predicted molar refractivity (Wildman–Crippen MR) is 117 cm³/mol. The lowest BCUT2D eigenvalue weighted by Crippen LogP contribution is -2.29. The highest BCUT2D eigenvalue weighted by Crippen LogP contribution is 2.45. The number of aryl methyl sites for hydroxylation is 2. The van der Waals surface area contributed by atoms with Crippen molar-refractivity contribution < 1.29 is 24.5 Å². The number of hydrogen-bond acceptors (Lipinski definition) is 7. The molecule has 3 aromatic rings. The predicted octanol–water partition coefficient (Wildman–Crippen LogP) is 4.10. The van der Waals surface area contributed by atoms with E-state index in [1.165, 1.54) is 29.4 Å². The Hall–Kier alpha value is -3.65. The fraction of sp³-hybridized carbons (Fsp3) is 0.174. The van der Waals surface area contributed by atoms with E-state index in [0.29, 0.717) is 16.3 Å². The highest BCUT2D eigenvalue weighted by atomic mass is 32.1. The molecule has 0 bridgehead atoms. The summed E-state index contributed by atoms with van der Waals surface area (Å²) < 4.78 is 5.21. The van der Waals surface area contributed by atoms with E-state index in [9.17, 15) is 19.8 Å². The molecule has 4 rings (SSSR count). The summed E-state index contributed by atoms with van der Waals surface area (Å²) in [5, 5.41) is 21.4. The summed E-state index contributed by atoms with van der Waals surface area (Å²) in [7, 11) is 1.41. The number of ketones is 1. The molecule has 1 aromatic heterocycles. The van der Waals surface area contributed by atoms with Crippen LogP contribution in [0.4, 0.5) is 5.13 Å². The van der Waals surface area contributed by atoms with Gasteiger partial charge in [-0.25, -0.2) is 4.98 Å². The van der Waals surface area contributed by atoms with E-state index in [-0.39, 0.29) is 22.8 Å². The van der Waals surface area contributed by atoms with E-state index in [2.05, 4.69) is 4.98 Å². The van der Waals surface area contributed by atoms with Gasteiger partial charge in [0.25, 0.3) is 5.78 Å². The zero-order valence-electron chi connectivity index (χ0n) is 17.1. The number of amides is 1. The number of carbonyl (C=O) groups is 2. The number of methoxy groups -OCH3 is 1. The Morgan fingerprint density at radius 3 is 2.45 bits per heavy atom. The molecule has 2 N–H and O–H groups in total. The molecule has 7 nitrogen and oxygen atoms in total. The molecule has 1 fully saturated rings. The number of Topliss-reactive ketones (excluding diaryl/α,β-unsaturated/α-hetero) is 1. The van der Waals surface area contributed by atoms with Gasteiger partial charge in [0, 0.05) is 10.4 Å². The quantitative estimate of drug-likeness (QED) is 0.363. The fourth-order valence-corrected chi connectivity index (χ4v) is 4.46. The number of rotatable bonds is 4. The number of phenols is 1. The van der Waals surface area contributed by atoms with Crippen molar-refractivity contribution in [2.45, 2.75) is 19.9 Å². The van der Waals surface area contributed by atoms with Crippen LogP contribution in [0, 0.1) is 13.8 Å². The maximum Gasteiger partial charge on any atom is 0.301 e. The Labute approximate surface area is 182 Å². The second-order valence-corrected chi connectivity index (χ2v) is 8.29. The molecule has 2 aromatic carbocycles. The van der Waals surface area contributed by atoms with Gasteiger partial charge in [-0.3, -0.25) is 14.5 Å². The molecule has 1 saturated heterocycles. The molecule has 2 heterocycles. The first kappa shape index (κ1) is 20.6. The number of nitrogens with zero attached hydrogens (tertiary/aromatic N) is 2. The van der Waals surface area contributed by atoms with Gasteiger partial charge in [-0.2, -0.15) is 0 Å². The number of ether oxygens (including phenoxy) is 1. The number of anilines is 1. The van der Waals surface area contributed by atoms with Gasteiger partial charge >= 0.3 is 5.91 Å². The van der Waals surface area contributed by atoms with Crippen LogP contribution >= 0.6 is 11.3 Å². The van der Waals surface area contributed by atoms with Gasteiger partial charge in [0.2, 0.25) is 0 Å². The molecular weight excluding hydrogens is 416 g/mol. The largest absolute Gasteiger partial charge is 0.507 e. The normalized spacial score (nSPS) is 17.9. The Morgan fingerprint density at radius 1 is 1.13 bits per heavy atom. The second-order valence-electron chi connectivity index (χ2n) is 7.10. The minimum atomic E-state index is -0.931. The van der Waals surface area contributed by atoms with Crippen LogP contribution in [0.2, 0.25) is 0 Å². The minimum absolute atomic E-state index is 0.0468. The van der Waals surface area contributed by atoms with E-state index in [0.717, 1.165) is 10.6 Å². The van der Waals surface area contributed by atoms with Crippen LogP contribution in [-0.4, -0.2) is 34.0 Å². The van der Waals surface area contributed by atoms with Crippen molar-refractivity contribution in [1.82, 2.24) is 4.98 Å². The van der Waals surface area contributed by atoms with Crippen molar-refractivity contribution in [2.24, 2.45) is 0 Å². The molecular formula is C23H20N2O5S. The first-order chi connectivity index (χ1) is 14.8. The molecule has 0 saturated carbocycles. The van der Waals surface area contributed by atoms with Crippen LogP contribution in [-0.2, 0) is 9.59 Å². The van der Waals surface area contributed by atoms with E-state index >= 15 is 0 Å². The van der Waals surface area contributed by atoms with Gasteiger partial charge in [-0.05, 0) is 31.5 Å². The van der Waals surface area contributed by atoms with Crippen LogP contribution in [0.1, 0.15) is 27.7 Å². The Morgan fingerprint density at radius 2 is 1.84 bits per heavy atom. The number of benzene rings is 2. The smallest absolute Gasteiger partial charge is 0.301 e. The molecule has 158 valence electrons. The van der Waals surface area contributed by atoms with E-state index in [1.54, 1.807) is 42.5 Å². The third-order valence-electron chi connectivity index (χ3n) is 5.23. The van der Waals surface area contributed by atoms with Crippen LogP contribution < -0.4 is 9.64 Å². The van der Waals surface area contributed by atoms with Gasteiger partial charge in [0.1, 0.15) is 5.76 Å². The second kappa shape index (κ2) is 7.88. The average Bonchev–Trinajstić information content (AvgIpc) is 3.24. The lowest BCUT2D eigenvalue weighted by atomic mass is 9.95. The highest BCUT2D eigenvalue weighted by molar-refractivity contribution is 7.16. The van der Waals surface area contributed by atoms with Crippen molar-refractivity contribution in [1.29, 1.82) is 0 Å². The summed E-state index contributed by atoms with van der Waals surface area (Å²) in [6.45, 7) is 3.71. The van der Waals surface area contributed by atoms with E-state index in [1.807, 2.05) is 13.8 Å². The number of aromatic nitrogens is 1. The third-order valence-corrected chi connectivity index (χ3v) is 6.31. The topological polar surface area (TPSA) is 100.0 Å². The van der Waals surface area contributed by atoms with Crippen LogP contribution in [0.5, 0.6) is 11.5 Å². The Kier molecular flexibility index (Phi) is 5.24. The molecule has 1 aliphatic rings. The summed E-state index contributed by atoms with van der Waals surface area (Å²) in [6.07, 6.45) is 0. The highest BCUT2D eigenvalue weighted by Gasteiger charge is 2.48. The molecule has 1 aliphatic heterocycles. The number of aromatic hydroxyl groups is 1. The van der Waals surface area contributed by atoms with E-state index < -0.39 is 17.7 Å². The summed E-state index contributed by atoms with van der Waals surface area (Å²) in [5.41, 5.74) is 1.63. The monoisotopic (exact) mass is 436 g/mol. The lowest BCUT2D eigenvalue weighted by Gasteiger charge is -2.23. The summed E-state index contributed by atoms with van der Waals surface area (Å²) in [4.78, 5) is 32.9. The summed E-state index contributed by atoms with van der Waals surface area (Å²) in [6, 6.07) is 12.2. The number of aliphatic hydroxyl groups excluding tert-OH is 1. The standard InChI is InChI=1S/C23H20N2O5S/c1-12-13(2)31-23(24-12)25-19(15-9-10-16(26)17(11-15)30-3)18(21(28)22(25)29)20(27)14-7-5-4-6-8-14/h4-11,19,26-27H,1-3H3/t19-/m0/s1. The molecule has 0 radical (unpaired) electrons. The number of phenolic OH excluding ortho intramolecular Hbond substituents is 1. The van der Waals surface area contributed by atoms with Crippen molar-refractivity contribution in [3.8, 4) is 11.5 Å². The van der Waals surface area contributed by atoms with Gasteiger partial charge in [-0.15, -0.1) is 11.3 Å². The van der Waals surface area contributed by atoms with Crippen LogP contribution in [0.25, 0.3) is 5.76 Å². The molecule has 0 unspecified atom stereocenters.